The highest BCUT2D eigenvalue weighted by molar-refractivity contribution is 5.73. The Morgan fingerprint density at radius 2 is 1.40 bits per heavy atom. The fourth-order valence-electron chi connectivity index (χ4n) is 3.16. The Hall–Kier alpha value is -3.26. The van der Waals surface area contributed by atoms with Crippen molar-refractivity contribution < 1.29 is 0 Å². The zero-order valence-electron chi connectivity index (χ0n) is 14.0. The van der Waals surface area contributed by atoms with Gasteiger partial charge in [-0.3, -0.25) is 0 Å². The van der Waals surface area contributed by atoms with E-state index in [9.17, 15) is 0 Å². The Kier molecular flexibility index (Phi) is 4.09. The van der Waals surface area contributed by atoms with Crippen LogP contribution in [0.1, 0.15) is 0 Å². The van der Waals surface area contributed by atoms with Crippen molar-refractivity contribution in [3.63, 3.8) is 0 Å². The van der Waals surface area contributed by atoms with Gasteiger partial charge in [0.2, 0.25) is 0 Å². The Morgan fingerprint density at radius 1 is 0.760 bits per heavy atom. The molecule has 0 saturated carbocycles. The number of benzene rings is 3. The molecule has 0 fully saturated rings. The van der Waals surface area contributed by atoms with Crippen LogP contribution in [0.5, 0.6) is 0 Å². The number of nitrogens with zero attached hydrogens (tertiary/aromatic N) is 1. The molecule has 0 spiro atoms. The summed E-state index contributed by atoms with van der Waals surface area (Å²) in [5.41, 5.74) is 7.18. The van der Waals surface area contributed by atoms with Crippen LogP contribution in [-0.2, 0) is 0 Å². The van der Waals surface area contributed by atoms with Gasteiger partial charge in [0.15, 0.2) is 0 Å². The minimum absolute atomic E-state index is 0.776. The van der Waals surface area contributed by atoms with Crippen molar-refractivity contribution in [2.24, 2.45) is 0 Å². The minimum atomic E-state index is 0.776. The van der Waals surface area contributed by atoms with Gasteiger partial charge in [-0.2, -0.15) is 0 Å². The molecule has 1 aliphatic rings. The second-order valence-corrected chi connectivity index (χ2v) is 6.06. The van der Waals surface area contributed by atoms with Gasteiger partial charge in [0.05, 0.1) is 12.4 Å². The van der Waals surface area contributed by atoms with E-state index in [0.29, 0.717) is 0 Å². The van der Waals surface area contributed by atoms with Crippen LogP contribution in [0.4, 0.5) is 5.69 Å². The van der Waals surface area contributed by atoms with Crippen molar-refractivity contribution in [1.82, 2.24) is 5.32 Å². The van der Waals surface area contributed by atoms with Crippen LogP contribution in [0, 0.1) is 0 Å². The number of hydrogen-bond acceptors (Lipinski definition) is 2. The summed E-state index contributed by atoms with van der Waals surface area (Å²) in [5.74, 6) is 0. The van der Waals surface area contributed by atoms with Crippen molar-refractivity contribution in [3.8, 4) is 22.3 Å². The van der Waals surface area contributed by atoms with Crippen molar-refractivity contribution in [2.75, 3.05) is 11.6 Å². The lowest BCUT2D eigenvalue weighted by Gasteiger charge is -2.20. The zero-order valence-corrected chi connectivity index (χ0v) is 14.0. The topological polar surface area (TPSA) is 15.3 Å². The van der Waals surface area contributed by atoms with E-state index in [-0.39, 0.29) is 0 Å². The van der Waals surface area contributed by atoms with Crippen molar-refractivity contribution >= 4 is 5.69 Å². The average molecular weight is 324 g/mol. The SMILES string of the molecule is C=CC1=CNCN1c1cccc(-c2ccc(-c3ccccc3)cc2)c1. The second-order valence-electron chi connectivity index (χ2n) is 6.06. The highest BCUT2D eigenvalue weighted by Gasteiger charge is 2.14. The van der Waals surface area contributed by atoms with Gasteiger partial charge in [0, 0.05) is 11.9 Å². The van der Waals surface area contributed by atoms with E-state index in [1.807, 2.05) is 18.3 Å². The first-order chi connectivity index (χ1) is 12.3. The number of allylic oxidation sites excluding steroid dienone is 1. The molecule has 1 N–H and O–H groups in total. The van der Waals surface area contributed by atoms with E-state index in [2.05, 4.69) is 89.6 Å². The highest BCUT2D eigenvalue weighted by Crippen LogP contribution is 2.29. The Labute approximate surface area is 148 Å². The van der Waals surface area contributed by atoms with Crippen LogP contribution < -0.4 is 10.2 Å². The fourth-order valence-corrected chi connectivity index (χ4v) is 3.16. The number of rotatable bonds is 4. The molecule has 25 heavy (non-hydrogen) atoms. The standard InChI is InChI=1S/C23H20N2/c1-2-22-16-24-17-25(22)23-10-6-9-21(15-23)20-13-11-19(12-14-20)18-7-4-3-5-8-18/h2-16,24H,1,17H2. The molecular formula is C23H20N2. The van der Waals surface area contributed by atoms with Crippen LogP contribution in [-0.4, -0.2) is 6.67 Å². The van der Waals surface area contributed by atoms with Gasteiger partial charge >= 0.3 is 0 Å². The summed E-state index contributed by atoms with van der Waals surface area (Å²) in [5, 5.41) is 3.25. The molecule has 2 heteroatoms. The molecular weight excluding hydrogens is 304 g/mol. The largest absolute Gasteiger partial charge is 0.372 e. The van der Waals surface area contributed by atoms with Gasteiger partial charge in [0.25, 0.3) is 0 Å². The lowest BCUT2D eigenvalue weighted by molar-refractivity contribution is 0.893. The van der Waals surface area contributed by atoms with E-state index in [0.717, 1.165) is 12.4 Å². The Balaban J connectivity index is 1.63. The average Bonchev–Trinajstić information content (AvgIpc) is 3.18. The maximum Gasteiger partial charge on any atom is 0.0922 e. The molecule has 1 heterocycles. The van der Waals surface area contributed by atoms with Crippen LogP contribution in [0.15, 0.2) is 103 Å². The number of hydrogen-bond donors (Lipinski definition) is 1. The predicted molar refractivity (Wildman–Crippen MR) is 106 cm³/mol. The Bertz CT molecular complexity index is 908. The third kappa shape index (κ3) is 3.07. The first kappa shape index (κ1) is 15.3. The summed E-state index contributed by atoms with van der Waals surface area (Å²) in [4.78, 5) is 2.22. The molecule has 0 unspecified atom stereocenters. The molecule has 0 aliphatic carbocycles. The summed E-state index contributed by atoms with van der Waals surface area (Å²) >= 11 is 0. The first-order valence-corrected chi connectivity index (χ1v) is 8.44. The molecule has 122 valence electrons. The monoisotopic (exact) mass is 324 g/mol. The molecule has 0 saturated heterocycles. The summed E-state index contributed by atoms with van der Waals surface area (Å²) in [6.45, 7) is 4.66. The fraction of sp³-hybridized carbons (Fsp3) is 0.0435. The molecule has 0 bridgehead atoms. The van der Waals surface area contributed by atoms with E-state index < -0.39 is 0 Å². The van der Waals surface area contributed by atoms with Crippen LogP contribution >= 0.6 is 0 Å². The lowest BCUT2D eigenvalue weighted by atomic mass is 10.00. The van der Waals surface area contributed by atoms with Crippen molar-refractivity contribution in [2.45, 2.75) is 0 Å². The number of anilines is 1. The zero-order chi connectivity index (χ0) is 17.1. The van der Waals surface area contributed by atoms with E-state index in [1.165, 1.54) is 27.9 Å². The third-order valence-electron chi connectivity index (χ3n) is 4.50. The highest BCUT2D eigenvalue weighted by atomic mass is 15.3. The van der Waals surface area contributed by atoms with E-state index in [1.54, 1.807) is 0 Å². The molecule has 0 radical (unpaired) electrons. The van der Waals surface area contributed by atoms with Gasteiger partial charge in [-0.1, -0.05) is 73.3 Å². The molecule has 1 aliphatic heterocycles. The van der Waals surface area contributed by atoms with Crippen molar-refractivity contribution in [1.29, 1.82) is 0 Å². The molecule has 2 nitrogen and oxygen atoms in total. The lowest BCUT2D eigenvalue weighted by Crippen LogP contribution is -2.22. The van der Waals surface area contributed by atoms with Gasteiger partial charge in [-0.15, -0.1) is 0 Å². The van der Waals surface area contributed by atoms with Gasteiger partial charge in [-0.05, 0) is 40.5 Å². The Morgan fingerprint density at radius 3 is 2.12 bits per heavy atom. The van der Waals surface area contributed by atoms with Crippen LogP contribution in [0.3, 0.4) is 0 Å². The van der Waals surface area contributed by atoms with E-state index >= 15 is 0 Å². The predicted octanol–water partition coefficient (Wildman–Crippen LogP) is 5.42. The van der Waals surface area contributed by atoms with Gasteiger partial charge in [0.1, 0.15) is 0 Å². The quantitative estimate of drug-likeness (QED) is 0.690. The molecule has 3 aromatic carbocycles. The van der Waals surface area contributed by atoms with Crippen molar-refractivity contribution in [3.05, 3.63) is 103 Å². The van der Waals surface area contributed by atoms with Gasteiger partial charge < -0.3 is 10.2 Å². The molecule has 0 aromatic heterocycles. The minimum Gasteiger partial charge on any atom is -0.372 e. The second kappa shape index (κ2) is 6.70. The number of nitrogens with one attached hydrogen (secondary N) is 1. The maximum atomic E-state index is 3.89. The smallest absolute Gasteiger partial charge is 0.0922 e. The summed E-state index contributed by atoms with van der Waals surface area (Å²) in [6, 6.07) is 27.8. The summed E-state index contributed by atoms with van der Waals surface area (Å²) < 4.78 is 0. The molecule has 3 aromatic rings. The summed E-state index contributed by atoms with van der Waals surface area (Å²) in [7, 11) is 0. The third-order valence-corrected chi connectivity index (χ3v) is 4.50. The summed E-state index contributed by atoms with van der Waals surface area (Å²) in [6.07, 6.45) is 3.87. The van der Waals surface area contributed by atoms with Crippen LogP contribution in [0.2, 0.25) is 0 Å². The molecule has 4 rings (SSSR count). The molecule has 0 amide bonds. The van der Waals surface area contributed by atoms with Gasteiger partial charge in [-0.25, -0.2) is 0 Å². The van der Waals surface area contributed by atoms with Crippen LogP contribution in [0.25, 0.3) is 22.3 Å². The normalized spacial score (nSPS) is 13.3. The molecule has 0 atom stereocenters. The maximum absolute atomic E-state index is 3.89. The van der Waals surface area contributed by atoms with E-state index in [4.69, 9.17) is 0 Å². The first-order valence-electron chi connectivity index (χ1n) is 8.44.